The lowest BCUT2D eigenvalue weighted by atomic mass is 10.1. The van der Waals surface area contributed by atoms with Gasteiger partial charge in [0, 0.05) is 44.4 Å². The van der Waals surface area contributed by atoms with Crippen LogP contribution < -0.4 is 4.74 Å². The molecule has 4 heterocycles. The van der Waals surface area contributed by atoms with E-state index in [2.05, 4.69) is 15.1 Å². The molecule has 1 saturated heterocycles. The Balaban J connectivity index is 1.35. The second-order valence-corrected chi connectivity index (χ2v) is 5.71. The second-order valence-electron chi connectivity index (χ2n) is 5.71. The Morgan fingerprint density at radius 2 is 2.12 bits per heavy atom. The van der Waals surface area contributed by atoms with Gasteiger partial charge in [0.1, 0.15) is 6.10 Å². The van der Waals surface area contributed by atoms with Gasteiger partial charge in [-0.3, -0.25) is 9.78 Å². The molecule has 1 aliphatic rings. The first-order valence-corrected chi connectivity index (χ1v) is 8.02. The molecule has 1 fully saturated rings. The van der Waals surface area contributed by atoms with Crippen molar-refractivity contribution in [1.82, 2.24) is 20.0 Å². The third-order valence-corrected chi connectivity index (χ3v) is 4.05. The minimum atomic E-state index is -0.153. The van der Waals surface area contributed by atoms with E-state index in [4.69, 9.17) is 13.7 Å². The van der Waals surface area contributed by atoms with Gasteiger partial charge in [-0.05, 0) is 12.1 Å². The van der Waals surface area contributed by atoms with Crippen LogP contribution in [0.4, 0.5) is 0 Å². The van der Waals surface area contributed by atoms with Gasteiger partial charge in [-0.15, -0.1) is 0 Å². The Hall–Kier alpha value is -3.16. The number of piperidine rings is 1. The molecule has 0 spiro atoms. The number of hydrogen-bond donors (Lipinski definition) is 0. The Bertz CT molecular complexity index is 823. The summed E-state index contributed by atoms with van der Waals surface area (Å²) in [5.41, 5.74) is 0.277. The highest BCUT2D eigenvalue weighted by Crippen LogP contribution is 2.22. The maximum atomic E-state index is 12.6. The van der Waals surface area contributed by atoms with E-state index in [-0.39, 0.29) is 17.7 Å². The van der Waals surface area contributed by atoms with Crippen molar-refractivity contribution in [2.75, 3.05) is 13.1 Å². The quantitative estimate of drug-likeness (QED) is 0.719. The van der Waals surface area contributed by atoms with E-state index in [0.29, 0.717) is 30.5 Å². The van der Waals surface area contributed by atoms with E-state index in [9.17, 15) is 4.79 Å². The van der Waals surface area contributed by atoms with E-state index in [0.717, 1.165) is 12.8 Å². The van der Waals surface area contributed by atoms with E-state index < -0.39 is 0 Å². The van der Waals surface area contributed by atoms with Gasteiger partial charge in [-0.25, -0.2) is 4.98 Å². The molecule has 1 amide bonds. The Morgan fingerprint density at radius 1 is 1.24 bits per heavy atom. The summed E-state index contributed by atoms with van der Waals surface area (Å²) in [6, 6.07) is 5.11. The zero-order chi connectivity index (χ0) is 17.1. The zero-order valence-electron chi connectivity index (χ0n) is 13.4. The molecule has 0 atom stereocenters. The molecule has 128 valence electrons. The van der Waals surface area contributed by atoms with E-state index >= 15 is 0 Å². The smallest absolute Gasteiger partial charge is 0.276 e. The molecular formula is C17H16N4O4. The highest BCUT2D eigenvalue weighted by molar-refractivity contribution is 5.93. The van der Waals surface area contributed by atoms with E-state index in [1.54, 1.807) is 48.0 Å². The summed E-state index contributed by atoms with van der Waals surface area (Å²) in [7, 11) is 0. The summed E-state index contributed by atoms with van der Waals surface area (Å²) < 4.78 is 16.2. The molecule has 4 rings (SSSR count). The van der Waals surface area contributed by atoms with Crippen molar-refractivity contribution in [3.8, 4) is 17.4 Å². The van der Waals surface area contributed by atoms with Gasteiger partial charge in [0.25, 0.3) is 5.91 Å². The fourth-order valence-electron chi connectivity index (χ4n) is 2.77. The lowest BCUT2D eigenvalue weighted by Gasteiger charge is -2.31. The second kappa shape index (κ2) is 6.76. The topological polar surface area (TPSA) is 94.5 Å². The average Bonchev–Trinajstić information content (AvgIpc) is 3.34. The minimum Gasteiger partial charge on any atom is -0.473 e. The van der Waals surface area contributed by atoms with Crippen molar-refractivity contribution in [3.05, 3.63) is 48.7 Å². The SMILES string of the molecule is O=C(c1cc(-c2ccco2)on1)N1CCC(Oc2cnccn2)CC1. The number of carbonyl (C=O) groups is 1. The number of likely N-dealkylation sites (tertiary alicyclic amines) is 1. The highest BCUT2D eigenvalue weighted by Gasteiger charge is 2.27. The van der Waals surface area contributed by atoms with Crippen LogP contribution in [-0.4, -0.2) is 45.1 Å². The number of rotatable bonds is 4. The molecule has 8 heteroatoms. The monoisotopic (exact) mass is 340 g/mol. The molecule has 0 radical (unpaired) electrons. The number of hydrogen-bond acceptors (Lipinski definition) is 7. The van der Waals surface area contributed by atoms with Gasteiger partial charge in [0.15, 0.2) is 11.5 Å². The van der Waals surface area contributed by atoms with Gasteiger partial charge >= 0.3 is 0 Å². The standard InChI is InChI=1S/C17H16N4O4/c22-17(13-10-15(25-20-13)14-2-1-9-23-14)21-7-3-12(4-8-21)24-16-11-18-5-6-19-16/h1-2,5-6,9-12H,3-4,7-8H2. The summed E-state index contributed by atoms with van der Waals surface area (Å²) >= 11 is 0. The van der Waals surface area contributed by atoms with Crippen LogP contribution in [0.2, 0.25) is 0 Å². The van der Waals surface area contributed by atoms with Gasteiger partial charge in [-0.1, -0.05) is 5.16 Å². The van der Waals surface area contributed by atoms with Crippen LogP contribution in [0, 0.1) is 0 Å². The lowest BCUT2D eigenvalue weighted by Crippen LogP contribution is -2.42. The molecule has 0 aliphatic carbocycles. The average molecular weight is 340 g/mol. The third-order valence-electron chi connectivity index (χ3n) is 4.05. The van der Waals surface area contributed by atoms with Crippen molar-refractivity contribution in [2.24, 2.45) is 0 Å². The van der Waals surface area contributed by atoms with Crippen molar-refractivity contribution in [3.63, 3.8) is 0 Å². The summed E-state index contributed by atoms with van der Waals surface area (Å²) in [5.74, 6) is 1.34. The number of furan rings is 1. The maximum absolute atomic E-state index is 12.6. The van der Waals surface area contributed by atoms with E-state index in [1.165, 1.54) is 0 Å². The third kappa shape index (κ3) is 3.37. The predicted octanol–water partition coefficient (Wildman–Crippen LogP) is 2.41. The maximum Gasteiger partial charge on any atom is 0.276 e. The van der Waals surface area contributed by atoms with Crippen molar-refractivity contribution in [1.29, 1.82) is 0 Å². The molecule has 1 aliphatic heterocycles. The van der Waals surface area contributed by atoms with Crippen LogP contribution >= 0.6 is 0 Å². The predicted molar refractivity (Wildman–Crippen MR) is 85.8 cm³/mol. The first-order chi connectivity index (χ1) is 12.3. The molecule has 3 aromatic heterocycles. The number of aromatic nitrogens is 3. The molecule has 0 N–H and O–H groups in total. The lowest BCUT2D eigenvalue weighted by molar-refractivity contribution is 0.0578. The molecule has 0 aromatic carbocycles. The highest BCUT2D eigenvalue weighted by atomic mass is 16.5. The van der Waals surface area contributed by atoms with Crippen LogP contribution in [0.3, 0.4) is 0 Å². The molecular weight excluding hydrogens is 324 g/mol. The van der Waals surface area contributed by atoms with Crippen molar-refractivity contribution >= 4 is 5.91 Å². The molecule has 0 saturated carbocycles. The normalized spacial score (nSPS) is 15.3. The van der Waals surface area contributed by atoms with Crippen LogP contribution in [-0.2, 0) is 0 Å². The zero-order valence-corrected chi connectivity index (χ0v) is 13.4. The van der Waals surface area contributed by atoms with Gasteiger partial charge in [0.05, 0.1) is 12.5 Å². The summed E-state index contributed by atoms with van der Waals surface area (Å²) in [6.45, 7) is 1.18. The molecule has 25 heavy (non-hydrogen) atoms. The van der Waals surface area contributed by atoms with Crippen LogP contribution in [0.1, 0.15) is 23.3 Å². The van der Waals surface area contributed by atoms with Crippen LogP contribution in [0.5, 0.6) is 5.88 Å². The summed E-state index contributed by atoms with van der Waals surface area (Å²) in [6.07, 6.45) is 7.80. The van der Waals surface area contributed by atoms with E-state index in [1.807, 2.05) is 0 Å². The van der Waals surface area contributed by atoms with Crippen molar-refractivity contribution < 1.29 is 18.5 Å². The van der Waals surface area contributed by atoms with Gasteiger partial charge < -0.3 is 18.6 Å². The first-order valence-electron chi connectivity index (χ1n) is 8.02. The molecule has 0 bridgehead atoms. The number of nitrogens with zero attached hydrogens (tertiary/aromatic N) is 4. The molecule has 8 nitrogen and oxygen atoms in total. The summed E-state index contributed by atoms with van der Waals surface area (Å²) in [5, 5.41) is 3.86. The van der Waals surface area contributed by atoms with Gasteiger partial charge in [0.2, 0.25) is 11.6 Å². The fourth-order valence-corrected chi connectivity index (χ4v) is 2.77. The minimum absolute atomic E-state index is 0.0248. The Kier molecular flexibility index (Phi) is 4.16. The largest absolute Gasteiger partial charge is 0.473 e. The van der Waals surface area contributed by atoms with Crippen LogP contribution in [0.25, 0.3) is 11.5 Å². The van der Waals surface area contributed by atoms with Crippen molar-refractivity contribution in [2.45, 2.75) is 18.9 Å². The van der Waals surface area contributed by atoms with Gasteiger partial charge in [-0.2, -0.15) is 0 Å². The number of carbonyl (C=O) groups excluding carboxylic acids is 1. The Labute approximate surface area is 143 Å². The first kappa shape index (κ1) is 15.4. The fraction of sp³-hybridized carbons (Fsp3) is 0.294. The molecule has 0 unspecified atom stereocenters. The molecule has 3 aromatic rings. The summed E-state index contributed by atoms with van der Waals surface area (Å²) in [4.78, 5) is 22.4. The number of ether oxygens (including phenoxy) is 1. The van der Waals surface area contributed by atoms with Crippen LogP contribution in [0.15, 0.2) is 52.0 Å². The number of amides is 1. The Morgan fingerprint density at radius 3 is 2.84 bits per heavy atom.